The van der Waals surface area contributed by atoms with Gasteiger partial charge in [-0.3, -0.25) is 10.1 Å². The summed E-state index contributed by atoms with van der Waals surface area (Å²) in [5.74, 6) is 1.95. The number of allylic oxidation sites excluding steroid dienone is 1. The van der Waals surface area contributed by atoms with Crippen LogP contribution in [0, 0.1) is 16.0 Å². The number of ether oxygens (including phenoxy) is 2. The van der Waals surface area contributed by atoms with E-state index in [1.165, 1.54) is 13.0 Å². The average molecular weight is 293 g/mol. The van der Waals surface area contributed by atoms with E-state index in [1.807, 2.05) is 6.07 Å². The van der Waals surface area contributed by atoms with E-state index in [2.05, 4.69) is 13.8 Å². The van der Waals surface area contributed by atoms with Crippen molar-refractivity contribution in [2.75, 3.05) is 14.2 Å². The summed E-state index contributed by atoms with van der Waals surface area (Å²) >= 11 is 0. The average Bonchev–Trinajstić information content (AvgIpc) is 2.44. The van der Waals surface area contributed by atoms with Crippen LogP contribution in [0.1, 0.15) is 38.3 Å². The van der Waals surface area contributed by atoms with Crippen LogP contribution in [0.4, 0.5) is 0 Å². The highest BCUT2D eigenvalue weighted by Crippen LogP contribution is 2.31. The Morgan fingerprint density at radius 1 is 1.29 bits per heavy atom. The summed E-state index contributed by atoms with van der Waals surface area (Å²) in [6, 6.07) is 3.70. The van der Waals surface area contributed by atoms with Crippen molar-refractivity contribution in [3.05, 3.63) is 39.1 Å². The van der Waals surface area contributed by atoms with Crippen molar-refractivity contribution < 1.29 is 14.4 Å². The lowest BCUT2D eigenvalue weighted by atomic mass is 9.99. The molecule has 1 aromatic rings. The van der Waals surface area contributed by atoms with Crippen LogP contribution in [0.15, 0.2) is 17.8 Å². The van der Waals surface area contributed by atoms with E-state index < -0.39 is 4.92 Å². The van der Waals surface area contributed by atoms with Crippen LogP contribution in [0.5, 0.6) is 11.5 Å². The first-order valence-electron chi connectivity index (χ1n) is 6.96. The van der Waals surface area contributed by atoms with Gasteiger partial charge in [-0.25, -0.2) is 0 Å². The molecule has 0 fully saturated rings. The number of hydrogen-bond donors (Lipinski definition) is 0. The standard InChI is InChI=1S/C16H23NO4/c1-11(2)6-7-13-9-16(21-5)14(10-15(13)20-4)8-12(3)17(18)19/h8-11H,6-7H2,1-5H3/b12-8+. The van der Waals surface area contributed by atoms with Crippen LogP contribution in [-0.2, 0) is 6.42 Å². The van der Waals surface area contributed by atoms with E-state index in [0.717, 1.165) is 24.2 Å². The van der Waals surface area contributed by atoms with Gasteiger partial charge in [0, 0.05) is 18.6 Å². The molecule has 0 unspecified atom stereocenters. The predicted octanol–water partition coefficient (Wildman–Crippen LogP) is 3.93. The zero-order chi connectivity index (χ0) is 16.0. The van der Waals surface area contributed by atoms with Gasteiger partial charge in [0.05, 0.1) is 19.1 Å². The molecule has 0 heterocycles. The maximum atomic E-state index is 10.8. The van der Waals surface area contributed by atoms with E-state index >= 15 is 0 Å². The molecule has 0 radical (unpaired) electrons. The predicted molar refractivity (Wildman–Crippen MR) is 83.4 cm³/mol. The minimum absolute atomic E-state index is 0.0604. The lowest BCUT2D eigenvalue weighted by molar-refractivity contribution is -0.422. The molecule has 116 valence electrons. The van der Waals surface area contributed by atoms with Crippen molar-refractivity contribution in [1.29, 1.82) is 0 Å². The Morgan fingerprint density at radius 3 is 2.38 bits per heavy atom. The quantitative estimate of drug-likeness (QED) is 0.564. The molecule has 0 aliphatic carbocycles. The zero-order valence-corrected chi connectivity index (χ0v) is 13.3. The molecule has 0 saturated heterocycles. The Bertz CT molecular complexity index is 535. The fraction of sp³-hybridized carbons (Fsp3) is 0.500. The smallest absolute Gasteiger partial charge is 0.243 e. The summed E-state index contributed by atoms with van der Waals surface area (Å²) in [6.07, 6.45) is 3.42. The number of aryl methyl sites for hydroxylation is 1. The van der Waals surface area contributed by atoms with Gasteiger partial charge in [0.15, 0.2) is 0 Å². The third-order valence-electron chi connectivity index (χ3n) is 3.28. The van der Waals surface area contributed by atoms with Gasteiger partial charge in [0.1, 0.15) is 11.5 Å². The van der Waals surface area contributed by atoms with E-state index in [9.17, 15) is 10.1 Å². The number of methoxy groups -OCH3 is 2. The molecule has 21 heavy (non-hydrogen) atoms. The Kier molecular flexibility index (Phi) is 6.21. The van der Waals surface area contributed by atoms with Crippen molar-refractivity contribution in [3.8, 4) is 11.5 Å². The maximum Gasteiger partial charge on any atom is 0.243 e. The molecule has 0 spiro atoms. The molecule has 0 amide bonds. The molecule has 0 aliphatic heterocycles. The van der Waals surface area contributed by atoms with Gasteiger partial charge in [0.25, 0.3) is 0 Å². The van der Waals surface area contributed by atoms with Crippen LogP contribution >= 0.6 is 0 Å². The second-order valence-corrected chi connectivity index (χ2v) is 5.38. The summed E-state index contributed by atoms with van der Waals surface area (Å²) in [5.41, 5.74) is 1.76. The minimum Gasteiger partial charge on any atom is -0.496 e. The number of nitro groups is 1. The molecule has 0 aliphatic rings. The summed E-state index contributed by atoms with van der Waals surface area (Å²) in [4.78, 5) is 10.3. The lowest BCUT2D eigenvalue weighted by Crippen LogP contribution is -2.00. The Balaban J connectivity index is 3.22. The normalized spacial score (nSPS) is 11.6. The van der Waals surface area contributed by atoms with Crippen LogP contribution in [-0.4, -0.2) is 19.1 Å². The molecule has 0 bridgehead atoms. The molecular weight excluding hydrogens is 270 g/mol. The minimum atomic E-state index is -0.418. The number of benzene rings is 1. The molecule has 5 heteroatoms. The van der Waals surface area contributed by atoms with Gasteiger partial charge in [-0.2, -0.15) is 0 Å². The maximum absolute atomic E-state index is 10.8. The second kappa shape index (κ2) is 7.67. The van der Waals surface area contributed by atoms with Gasteiger partial charge in [-0.1, -0.05) is 13.8 Å². The van der Waals surface area contributed by atoms with Gasteiger partial charge >= 0.3 is 0 Å². The summed E-state index contributed by atoms with van der Waals surface area (Å²) in [7, 11) is 3.17. The monoisotopic (exact) mass is 293 g/mol. The van der Waals surface area contributed by atoms with Crippen molar-refractivity contribution in [2.24, 2.45) is 5.92 Å². The molecule has 1 rings (SSSR count). The number of nitrogens with zero attached hydrogens (tertiary/aromatic N) is 1. The van der Waals surface area contributed by atoms with Crippen LogP contribution in [0.3, 0.4) is 0 Å². The van der Waals surface area contributed by atoms with E-state index in [0.29, 0.717) is 17.2 Å². The van der Waals surface area contributed by atoms with Crippen molar-refractivity contribution in [1.82, 2.24) is 0 Å². The van der Waals surface area contributed by atoms with Crippen molar-refractivity contribution >= 4 is 6.08 Å². The van der Waals surface area contributed by atoms with Gasteiger partial charge in [-0.05, 0) is 36.5 Å². The molecule has 0 saturated carbocycles. The van der Waals surface area contributed by atoms with E-state index in [4.69, 9.17) is 9.47 Å². The van der Waals surface area contributed by atoms with Gasteiger partial charge in [0.2, 0.25) is 5.70 Å². The van der Waals surface area contributed by atoms with Crippen LogP contribution in [0.2, 0.25) is 0 Å². The first-order valence-corrected chi connectivity index (χ1v) is 6.96. The van der Waals surface area contributed by atoms with Crippen molar-refractivity contribution in [3.63, 3.8) is 0 Å². The summed E-state index contributed by atoms with van der Waals surface area (Å²) < 4.78 is 10.8. The highest BCUT2D eigenvalue weighted by Gasteiger charge is 2.13. The Labute approximate surface area is 125 Å². The molecule has 0 N–H and O–H groups in total. The van der Waals surface area contributed by atoms with Gasteiger partial charge in [-0.15, -0.1) is 0 Å². The van der Waals surface area contributed by atoms with E-state index in [-0.39, 0.29) is 5.70 Å². The largest absolute Gasteiger partial charge is 0.496 e. The van der Waals surface area contributed by atoms with Gasteiger partial charge < -0.3 is 9.47 Å². The van der Waals surface area contributed by atoms with Crippen LogP contribution < -0.4 is 9.47 Å². The highest BCUT2D eigenvalue weighted by molar-refractivity contribution is 5.62. The summed E-state index contributed by atoms with van der Waals surface area (Å²) in [5, 5.41) is 10.8. The second-order valence-electron chi connectivity index (χ2n) is 5.38. The summed E-state index contributed by atoms with van der Waals surface area (Å²) in [6.45, 7) is 5.79. The number of hydrogen-bond acceptors (Lipinski definition) is 4. The first-order chi connectivity index (χ1) is 9.88. The van der Waals surface area contributed by atoms with Crippen molar-refractivity contribution in [2.45, 2.75) is 33.6 Å². The zero-order valence-electron chi connectivity index (χ0n) is 13.3. The fourth-order valence-corrected chi connectivity index (χ4v) is 2.01. The molecular formula is C16H23NO4. The third-order valence-corrected chi connectivity index (χ3v) is 3.28. The lowest BCUT2D eigenvalue weighted by Gasteiger charge is -2.14. The molecule has 0 aromatic heterocycles. The Hall–Kier alpha value is -2.04. The SMILES string of the molecule is COc1cc(CCC(C)C)c(OC)cc1/C=C(\C)[N+](=O)[O-]. The highest BCUT2D eigenvalue weighted by atomic mass is 16.6. The Morgan fingerprint density at radius 2 is 1.90 bits per heavy atom. The topological polar surface area (TPSA) is 61.6 Å². The third kappa shape index (κ3) is 4.77. The molecule has 5 nitrogen and oxygen atoms in total. The molecule has 1 aromatic carbocycles. The number of rotatable bonds is 7. The van der Waals surface area contributed by atoms with E-state index in [1.54, 1.807) is 20.3 Å². The fourth-order valence-electron chi connectivity index (χ4n) is 2.01. The first kappa shape index (κ1) is 17.0. The van der Waals surface area contributed by atoms with Crippen LogP contribution in [0.25, 0.3) is 6.08 Å². The molecule has 0 atom stereocenters.